The predicted octanol–water partition coefficient (Wildman–Crippen LogP) is 5.70. The Morgan fingerprint density at radius 3 is 2.38 bits per heavy atom. The summed E-state index contributed by atoms with van der Waals surface area (Å²) >= 11 is 5.13. The molecular weight excluding hydrogens is 344 g/mol. The van der Waals surface area contributed by atoms with Crippen molar-refractivity contribution in [3.05, 3.63) is 26.9 Å². The SMILES string of the molecule is O=C(/C=C/c1cc(Br)cs1)CC12CC3CC(CC(C3)C1)C2. The Balaban J connectivity index is 1.43. The number of rotatable bonds is 4. The van der Waals surface area contributed by atoms with Gasteiger partial charge in [0.2, 0.25) is 0 Å². The van der Waals surface area contributed by atoms with E-state index in [9.17, 15) is 4.79 Å². The summed E-state index contributed by atoms with van der Waals surface area (Å²) in [5, 5.41) is 2.06. The van der Waals surface area contributed by atoms with Gasteiger partial charge in [0.25, 0.3) is 0 Å². The highest BCUT2D eigenvalue weighted by molar-refractivity contribution is 9.10. The highest BCUT2D eigenvalue weighted by Crippen LogP contribution is 2.61. The molecule has 4 saturated carbocycles. The van der Waals surface area contributed by atoms with E-state index in [1.54, 1.807) is 11.3 Å². The van der Waals surface area contributed by atoms with Crippen molar-refractivity contribution in [1.29, 1.82) is 0 Å². The maximum atomic E-state index is 12.4. The summed E-state index contributed by atoms with van der Waals surface area (Å²) in [6, 6.07) is 2.07. The first-order valence-electron chi connectivity index (χ1n) is 8.05. The summed E-state index contributed by atoms with van der Waals surface area (Å²) in [6.07, 6.45) is 12.9. The minimum absolute atomic E-state index is 0.335. The van der Waals surface area contributed by atoms with E-state index in [1.165, 1.54) is 38.5 Å². The van der Waals surface area contributed by atoms with Gasteiger partial charge in [-0.05, 0) is 95.8 Å². The van der Waals surface area contributed by atoms with E-state index in [-0.39, 0.29) is 0 Å². The molecule has 3 heteroatoms. The van der Waals surface area contributed by atoms with Gasteiger partial charge >= 0.3 is 0 Å². The molecule has 4 fully saturated rings. The quantitative estimate of drug-likeness (QED) is 0.626. The Morgan fingerprint density at radius 1 is 1.24 bits per heavy atom. The van der Waals surface area contributed by atoms with E-state index in [4.69, 9.17) is 0 Å². The monoisotopic (exact) mass is 364 g/mol. The van der Waals surface area contributed by atoms with Crippen molar-refractivity contribution in [1.82, 2.24) is 0 Å². The number of carbonyl (C=O) groups is 1. The van der Waals surface area contributed by atoms with Crippen molar-refractivity contribution < 1.29 is 4.79 Å². The van der Waals surface area contributed by atoms with Gasteiger partial charge in [0.05, 0.1) is 0 Å². The van der Waals surface area contributed by atoms with E-state index in [1.807, 2.05) is 12.2 Å². The highest BCUT2D eigenvalue weighted by atomic mass is 79.9. The Kier molecular flexibility index (Phi) is 3.61. The first-order valence-corrected chi connectivity index (χ1v) is 9.72. The van der Waals surface area contributed by atoms with Crippen LogP contribution in [0.25, 0.3) is 6.08 Å². The van der Waals surface area contributed by atoms with Gasteiger partial charge in [-0.1, -0.05) is 0 Å². The van der Waals surface area contributed by atoms with Gasteiger partial charge in [-0.3, -0.25) is 4.79 Å². The molecule has 0 aliphatic heterocycles. The van der Waals surface area contributed by atoms with E-state index in [2.05, 4.69) is 27.4 Å². The number of ketones is 1. The molecule has 21 heavy (non-hydrogen) atoms. The minimum Gasteiger partial charge on any atom is -0.295 e. The second-order valence-electron chi connectivity index (χ2n) is 7.56. The molecule has 1 heterocycles. The molecule has 112 valence electrons. The van der Waals surface area contributed by atoms with Crippen molar-refractivity contribution in [2.75, 3.05) is 0 Å². The Labute approximate surface area is 139 Å². The molecule has 1 nitrogen and oxygen atoms in total. The van der Waals surface area contributed by atoms with Crippen LogP contribution in [0.1, 0.15) is 49.8 Å². The molecule has 0 N–H and O–H groups in total. The average molecular weight is 365 g/mol. The summed E-state index contributed by atoms with van der Waals surface area (Å²) in [5.41, 5.74) is 0.367. The van der Waals surface area contributed by atoms with Crippen molar-refractivity contribution in [2.24, 2.45) is 23.2 Å². The van der Waals surface area contributed by atoms with Gasteiger partial charge in [-0.15, -0.1) is 11.3 Å². The lowest BCUT2D eigenvalue weighted by Crippen LogP contribution is -2.46. The third kappa shape index (κ3) is 2.92. The van der Waals surface area contributed by atoms with Crippen LogP contribution >= 0.6 is 27.3 Å². The molecule has 0 aromatic carbocycles. The Bertz CT molecular complexity index is 551. The third-order valence-corrected chi connectivity index (χ3v) is 7.39. The normalized spacial score (nSPS) is 37.5. The molecule has 0 saturated heterocycles. The summed E-state index contributed by atoms with van der Waals surface area (Å²) in [6.45, 7) is 0. The van der Waals surface area contributed by atoms with Crippen molar-refractivity contribution in [3.8, 4) is 0 Å². The van der Waals surface area contributed by atoms with Gasteiger partial charge in [0.1, 0.15) is 0 Å². The number of carbonyl (C=O) groups excluding carboxylic acids is 1. The van der Waals surface area contributed by atoms with Gasteiger partial charge in [0.15, 0.2) is 5.78 Å². The van der Waals surface area contributed by atoms with Crippen LogP contribution in [-0.4, -0.2) is 5.78 Å². The molecule has 0 spiro atoms. The maximum Gasteiger partial charge on any atom is 0.156 e. The largest absolute Gasteiger partial charge is 0.295 e. The van der Waals surface area contributed by atoms with Crippen LogP contribution in [0.4, 0.5) is 0 Å². The standard InChI is InChI=1S/C18H21BrOS/c19-15-6-17(21-11-15)2-1-16(20)10-18-7-12-3-13(8-18)5-14(4-12)9-18/h1-2,6,11-14H,3-5,7-10H2/b2-1+. The number of thiophene rings is 1. The summed E-state index contributed by atoms with van der Waals surface area (Å²) in [5.74, 6) is 3.13. The van der Waals surface area contributed by atoms with Crippen LogP contribution in [0, 0.1) is 23.2 Å². The zero-order valence-electron chi connectivity index (χ0n) is 12.2. The van der Waals surface area contributed by atoms with E-state index >= 15 is 0 Å². The van der Waals surface area contributed by atoms with Crippen LogP contribution in [-0.2, 0) is 4.79 Å². The molecule has 4 aliphatic rings. The predicted molar refractivity (Wildman–Crippen MR) is 91.3 cm³/mol. The van der Waals surface area contributed by atoms with Crippen LogP contribution in [0.15, 0.2) is 22.0 Å². The lowest BCUT2D eigenvalue weighted by molar-refractivity contribution is -0.122. The molecule has 1 aromatic rings. The summed E-state index contributed by atoms with van der Waals surface area (Å²) in [7, 11) is 0. The average Bonchev–Trinajstić information content (AvgIpc) is 2.80. The number of hydrogen-bond acceptors (Lipinski definition) is 2. The Morgan fingerprint density at radius 2 is 1.86 bits per heavy atom. The first kappa shape index (κ1) is 14.2. The molecular formula is C18H21BrOS. The molecule has 0 radical (unpaired) electrons. The van der Waals surface area contributed by atoms with E-state index < -0.39 is 0 Å². The number of hydrogen-bond donors (Lipinski definition) is 0. The van der Waals surface area contributed by atoms with Gasteiger partial charge in [0, 0.05) is 21.2 Å². The second-order valence-corrected chi connectivity index (χ2v) is 9.42. The Hall–Kier alpha value is -0.410. The van der Waals surface area contributed by atoms with Crippen LogP contribution < -0.4 is 0 Å². The minimum atomic E-state index is 0.335. The number of allylic oxidation sites excluding steroid dienone is 1. The van der Waals surface area contributed by atoms with Gasteiger partial charge in [-0.25, -0.2) is 0 Å². The van der Waals surface area contributed by atoms with E-state index in [0.29, 0.717) is 11.2 Å². The lowest BCUT2D eigenvalue weighted by Gasteiger charge is -2.56. The van der Waals surface area contributed by atoms with E-state index in [0.717, 1.165) is 33.5 Å². The second kappa shape index (κ2) is 5.34. The third-order valence-electron chi connectivity index (χ3n) is 5.74. The topological polar surface area (TPSA) is 17.1 Å². The van der Waals surface area contributed by atoms with Crippen molar-refractivity contribution >= 4 is 39.1 Å². The fraction of sp³-hybridized carbons (Fsp3) is 0.611. The zero-order valence-corrected chi connectivity index (χ0v) is 14.6. The lowest BCUT2D eigenvalue weighted by atomic mass is 9.48. The molecule has 0 unspecified atom stereocenters. The summed E-state index contributed by atoms with van der Waals surface area (Å²) < 4.78 is 1.10. The maximum absolute atomic E-state index is 12.4. The summed E-state index contributed by atoms with van der Waals surface area (Å²) in [4.78, 5) is 13.6. The molecule has 5 rings (SSSR count). The highest BCUT2D eigenvalue weighted by Gasteiger charge is 2.51. The molecule has 4 aliphatic carbocycles. The number of halogens is 1. The molecule has 0 amide bonds. The van der Waals surface area contributed by atoms with Gasteiger partial charge in [-0.2, -0.15) is 0 Å². The zero-order chi connectivity index (χ0) is 14.4. The molecule has 0 atom stereocenters. The molecule has 4 bridgehead atoms. The van der Waals surface area contributed by atoms with Crippen molar-refractivity contribution in [3.63, 3.8) is 0 Å². The fourth-order valence-corrected chi connectivity index (χ4v) is 6.86. The smallest absolute Gasteiger partial charge is 0.156 e. The fourth-order valence-electron chi connectivity index (χ4n) is 5.53. The van der Waals surface area contributed by atoms with Gasteiger partial charge < -0.3 is 0 Å². The van der Waals surface area contributed by atoms with Crippen LogP contribution in [0.2, 0.25) is 0 Å². The van der Waals surface area contributed by atoms with Crippen LogP contribution in [0.3, 0.4) is 0 Å². The van der Waals surface area contributed by atoms with Crippen LogP contribution in [0.5, 0.6) is 0 Å². The first-order chi connectivity index (χ1) is 10.1. The molecule has 1 aromatic heterocycles. The van der Waals surface area contributed by atoms with Crippen molar-refractivity contribution in [2.45, 2.75) is 44.9 Å².